The summed E-state index contributed by atoms with van der Waals surface area (Å²) in [7, 11) is 0. The van der Waals surface area contributed by atoms with Crippen molar-refractivity contribution in [2.24, 2.45) is 44.3 Å². The lowest BCUT2D eigenvalue weighted by Crippen LogP contribution is -2.70. The molecule has 4 fully saturated rings. The Morgan fingerprint density at radius 3 is 2.21 bits per heavy atom. The molecule has 0 spiro atoms. The molecule has 5 rings (SSSR count). The van der Waals surface area contributed by atoms with Gasteiger partial charge < -0.3 is 10.2 Å². The van der Waals surface area contributed by atoms with Crippen molar-refractivity contribution in [1.29, 1.82) is 0 Å². The monoisotopic (exact) mass is 582 g/mol. The molecule has 0 radical (unpaired) electrons. The van der Waals surface area contributed by atoms with E-state index in [9.17, 15) is 15.0 Å². The number of hydrogen-bond acceptors (Lipinski definition) is 2. The number of carboxylic acid groups (broad SMARTS) is 1. The Kier molecular flexibility index (Phi) is 5.46. The fourth-order valence-corrected chi connectivity index (χ4v) is 11.7. The third-order valence-corrected chi connectivity index (χ3v) is 16.4. The van der Waals surface area contributed by atoms with Crippen molar-refractivity contribution in [3.8, 4) is 0 Å². The van der Waals surface area contributed by atoms with Gasteiger partial charge in [0.1, 0.15) is 0 Å². The van der Waals surface area contributed by atoms with Crippen LogP contribution in [0.1, 0.15) is 113 Å². The summed E-state index contributed by atoms with van der Waals surface area (Å²) in [5.74, 6) is 0.196. The highest BCUT2D eigenvalue weighted by Crippen LogP contribution is 2.78. The number of carboxylic acids is 1. The van der Waals surface area contributed by atoms with Gasteiger partial charge in [-0.05, 0) is 97.7 Å². The maximum Gasteiger partial charge on any atom is 0.310 e. The van der Waals surface area contributed by atoms with Crippen molar-refractivity contribution < 1.29 is 15.0 Å². The molecule has 0 aromatic carbocycles. The van der Waals surface area contributed by atoms with Crippen LogP contribution in [0.25, 0.3) is 0 Å². The fraction of sp³-hybridized carbons (Fsp3) is 0.900. The van der Waals surface area contributed by atoms with E-state index in [0.29, 0.717) is 5.92 Å². The van der Waals surface area contributed by atoms with Gasteiger partial charge in [0, 0.05) is 8.84 Å². The van der Waals surface area contributed by atoms with E-state index in [1.807, 2.05) is 0 Å². The van der Waals surface area contributed by atoms with E-state index in [1.165, 1.54) is 12.0 Å². The number of aliphatic carboxylic acids is 1. The normalized spacial score (nSPS) is 53.4. The highest BCUT2D eigenvalue weighted by atomic mass is 127. The quantitative estimate of drug-likeness (QED) is 0.189. The van der Waals surface area contributed by atoms with Crippen molar-refractivity contribution in [2.45, 2.75) is 122 Å². The molecule has 2 N–H and O–H groups in total. The van der Waals surface area contributed by atoms with Crippen LogP contribution < -0.4 is 0 Å². The van der Waals surface area contributed by atoms with Gasteiger partial charge in [-0.1, -0.05) is 82.7 Å². The van der Waals surface area contributed by atoms with Crippen molar-refractivity contribution in [3.05, 3.63) is 11.6 Å². The van der Waals surface area contributed by atoms with Gasteiger partial charge in [-0.3, -0.25) is 4.79 Å². The Morgan fingerprint density at radius 1 is 0.912 bits per heavy atom. The average Bonchev–Trinajstić information content (AvgIpc) is 2.74. The first-order chi connectivity index (χ1) is 15.5. The zero-order valence-electron chi connectivity index (χ0n) is 22.6. The molecule has 0 aliphatic heterocycles. The van der Waals surface area contributed by atoms with Crippen LogP contribution in [-0.2, 0) is 4.79 Å². The predicted octanol–water partition coefficient (Wildman–Crippen LogP) is 7.79. The molecule has 192 valence electrons. The number of aliphatic hydroxyl groups is 1. The topological polar surface area (TPSA) is 57.5 Å². The van der Waals surface area contributed by atoms with Crippen molar-refractivity contribution in [2.75, 3.05) is 0 Å². The van der Waals surface area contributed by atoms with Gasteiger partial charge in [0.25, 0.3) is 0 Å². The van der Waals surface area contributed by atoms with Crippen molar-refractivity contribution in [3.63, 3.8) is 0 Å². The molecule has 0 saturated heterocycles. The number of aliphatic hydroxyl groups excluding tert-OH is 1. The van der Waals surface area contributed by atoms with E-state index < -0.39 is 11.4 Å². The van der Waals surface area contributed by atoms with Gasteiger partial charge >= 0.3 is 5.97 Å². The van der Waals surface area contributed by atoms with Crippen LogP contribution in [0, 0.1) is 44.3 Å². The minimum atomic E-state index is -0.563. The van der Waals surface area contributed by atoms with Gasteiger partial charge in [-0.2, -0.15) is 0 Å². The fourth-order valence-electron chi connectivity index (χ4n) is 10.4. The Hall–Kier alpha value is -0.100. The third-order valence-electron chi connectivity index (χ3n) is 13.2. The van der Waals surface area contributed by atoms with Crippen LogP contribution in [0.5, 0.6) is 0 Å². The minimum Gasteiger partial charge on any atom is -0.481 e. The highest BCUT2D eigenvalue weighted by Gasteiger charge is 2.73. The number of alkyl halides is 1. The second-order valence-corrected chi connectivity index (χ2v) is 16.9. The Labute approximate surface area is 221 Å². The molecule has 0 aromatic heterocycles. The first-order valence-corrected chi connectivity index (χ1v) is 14.9. The number of hydrogen-bond donors (Lipinski definition) is 2. The first-order valence-electron chi connectivity index (χ1n) is 13.8. The van der Waals surface area contributed by atoms with Gasteiger partial charge in [-0.25, -0.2) is 0 Å². The molecule has 5 aliphatic carbocycles. The van der Waals surface area contributed by atoms with E-state index >= 15 is 0 Å². The lowest BCUT2D eigenvalue weighted by atomic mass is 9.33. The maximum atomic E-state index is 12.8. The van der Waals surface area contributed by atoms with Crippen LogP contribution in [0.15, 0.2) is 11.6 Å². The minimum absolute atomic E-state index is 0.0636. The maximum absolute atomic E-state index is 12.8. The smallest absolute Gasteiger partial charge is 0.310 e. The molecule has 4 saturated carbocycles. The lowest BCUT2D eigenvalue weighted by Gasteiger charge is -2.73. The molecule has 0 amide bonds. The van der Waals surface area contributed by atoms with Crippen LogP contribution >= 0.6 is 22.6 Å². The Balaban J connectivity index is 1.62. The van der Waals surface area contributed by atoms with E-state index in [1.54, 1.807) is 0 Å². The van der Waals surface area contributed by atoms with Gasteiger partial charge in [0.2, 0.25) is 0 Å². The van der Waals surface area contributed by atoms with Gasteiger partial charge in [0.05, 0.1) is 11.5 Å². The summed E-state index contributed by atoms with van der Waals surface area (Å²) in [5, 5.41) is 21.6. The van der Waals surface area contributed by atoms with Crippen LogP contribution in [0.4, 0.5) is 0 Å². The number of rotatable bonds is 1. The van der Waals surface area contributed by atoms with Crippen LogP contribution in [0.3, 0.4) is 0 Å². The molecule has 0 aromatic rings. The zero-order chi connectivity index (χ0) is 25.2. The Bertz CT molecular complexity index is 937. The molecule has 3 nitrogen and oxygen atoms in total. The SMILES string of the molecule is CC1(C)CC[C@]2(C(=O)O)CC[C@]3(C)C(=CC[C@@H]4[C@@]5(C)CC[C@H](O)C(C)(C)C5(I)CC[C@]43C)[C@@H]2C1. The summed E-state index contributed by atoms with van der Waals surface area (Å²) >= 11 is 2.78. The van der Waals surface area contributed by atoms with Gasteiger partial charge in [-0.15, -0.1) is 0 Å². The number of carbonyl (C=O) groups is 1. The molecule has 5 aliphatic rings. The summed E-state index contributed by atoms with van der Waals surface area (Å²) in [5.41, 5.74) is 1.45. The van der Waals surface area contributed by atoms with Crippen molar-refractivity contribution in [1.82, 2.24) is 0 Å². The summed E-state index contributed by atoms with van der Waals surface area (Å²) in [6, 6.07) is 0. The van der Waals surface area contributed by atoms with E-state index in [2.05, 4.69) is 77.1 Å². The molecular weight excluding hydrogens is 535 g/mol. The summed E-state index contributed by atoms with van der Waals surface area (Å²) in [6.45, 7) is 17.0. The van der Waals surface area contributed by atoms with E-state index in [-0.39, 0.29) is 42.5 Å². The standard InChI is InChI=1S/C30H47IO3/c1-24(2)12-15-29(23(33)34)16-13-26(5)19(20(29)18-24)8-9-21-27(26,6)14-17-30(31)25(3,4)22(32)10-11-28(21,30)7/h8,20-22,32H,9-18H2,1-7H3,(H,33,34)/t20-,21-,22-,26+,27+,28+,29-,30?/m0/s1. The largest absolute Gasteiger partial charge is 0.481 e. The molecule has 8 atom stereocenters. The van der Waals surface area contributed by atoms with E-state index in [4.69, 9.17) is 0 Å². The summed E-state index contributed by atoms with van der Waals surface area (Å²) in [6.07, 6.45) is 12.4. The second kappa shape index (κ2) is 7.26. The lowest BCUT2D eigenvalue weighted by molar-refractivity contribution is -0.188. The number of allylic oxidation sites excluding steroid dienone is 2. The molecule has 0 heterocycles. The number of halogens is 1. The van der Waals surface area contributed by atoms with Crippen LogP contribution in [0.2, 0.25) is 0 Å². The van der Waals surface area contributed by atoms with E-state index in [0.717, 1.165) is 57.8 Å². The summed E-state index contributed by atoms with van der Waals surface area (Å²) < 4.78 is 0.0770. The third kappa shape index (κ3) is 2.82. The molecule has 0 bridgehead atoms. The second-order valence-electron chi connectivity index (χ2n) is 15.1. The predicted molar refractivity (Wildman–Crippen MR) is 146 cm³/mol. The highest BCUT2D eigenvalue weighted by molar-refractivity contribution is 14.1. The molecule has 34 heavy (non-hydrogen) atoms. The molecule has 4 heteroatoms. The zero-order valence-corrected chi connectivity index (χ0v) is 24.7. The first kappa shape index (κ1) is 25.5. The molecular formula is C30H47IO3. The Morgan fingerprint density at radius 2 is 1.56 bits per heavy atom. The number of fused-ring (bicyclic) bond motifs is 7. The average molecular weight is 583 g/mol. The van der Waals surface area contributed by atoms with Crippen molar-refractivity contribution >= 4 is 28.6 Å². The van der Waals surface area contributed by atoms with Crippen LogP contribution in [-0.4, -0.2) is 25.7 Å². The summed E-state index contributed by atoms with van der Waals surface area (Å²) in [4.78, 5) is 12.8. The van der Waals surface area contributed by atoms with Gasteiger partial charge in [0.15, 0.2) is 0 Å². The molecule has 1 unspecified atom stereocenters.